The van der Waals surface area contributed by atoms with E-state index in [0.717, 1.165) is 42.9 Å². The standard InChI is InChI=1S/C21H31N3O4/c1-14(19(25)22-20(26)23-21(2,3)4)24-10-5-7-16(24)15-8-9-17-18(13-15)28-12-6-11-27-17/h8-9,13-14,16H,5-7,10-12H2,1-4H3,(H2,22,23,25,26)/t14-,16+/m0/s1. The number of urea groups is 1. The predicted octanol–water partition coefficient (Wildman–Crippen LogP) is 3.00. The van der Waals surface area contributed by atoms with E-state index in [1.807, 2.05) is 45.9 Å². The number of imide groups is 1. The van der Waals surface area contributed by atoms with Gasteiger partial charge in [0.2, 0.25) is 5.91 Å². The number of carbonyl (C=O) groups is 2. The van der Waals surface area contributed by atoms with Crippen LogP contribution < -0.4 is 20.1 Å². The lowest BCUT2D eigenvalue weighted by Crippen LogP contribution is -2.53. The van der Waals surface area contributed by atoms with E-state index < -0.39 is 17.6 Å². The highest BCUT2D eigenvalue weighted by atomic mass is 16.5. The van der Waals surface area contributed by atoms with Gasteiger partial charge in [0.05, 0.1) is 19.3 Å². The van der Waals surface area contributed by atoms with E-state index >= 15 is 0 Å². The molecule has 0 unspecified atom stereocenters. The lowest BCUT2D eigenvalue weighted by Gasteiger charge is -2.30. The fourth-order valence-corrected chi connectivity index (χ4v) is 3.74. The summed E-state index contributed by atoms with van der Waals surface area (Å²) in [6.07, 6.45) is 2.84. The lowest BCUT2D eigenvalue weighted by atomic mass is 10.0. The van der Waals surface area contributed by atoms with Gasteiger partial charge in [0.15, 0.2) is 11.5 Å². The molecule has 1 fully saturated rings. The Bertz CT molecular complexity index is 729. The molecular weight excluding hydrogens is 358 g/mol. The maximum absolute atomic E-state index is 12.6. The summed E-state index contributed by atoms with van der Waals surface area (Å²) in [6, 6.07) is 5.27. The van der Waals surface area contributed by atoms with E-state index in [9.17, 15) is 9.59 Å². The van der Waals surface area contributed by atoms with Gasteiger partial charge in [-0.3, -0.25) is 15.0 Å². The van der Waals surface area contributed by atoms with Crippen molar-refractivity contribution in [3.05, 3.63) is 23.8 Å². The molecule has 0 saturated carbocycles. The highest BCUT2D eigenvalue weighted by Crippen LogP contribution is 2.38. The van der Waals surface area contributed by atoms with Gasteiger partial charge in [-0.2, -0.15) is 0 Å². The molecule has 2 heterocycles. The van der Waals surface area contributed by atoms with Crippen LogP contribution in [0.25, 0.3) is 0 Å². The molecule has 0 aromatic heterocycles. The van der Waals surface area contributed by atoms with E-state index in [4.69, 9.17) is 9.47 Å². The smallest absolute Gasteiger partial charge is 0.321 e. The number of hydrogen-bond donors (Lipinski definition) is 2. The van der Waals surface area contributed by atoms with E-state index in [1.54, 1.807) is 0 Å². The number of carbonyl (C=O) groups excluding carboxylic acids is 2. The van der Waals surface area contributed by atoms with Gasteiger partial charge in [0.25, 0.3) is 0 Å². The van der Waals surface area contributed by atoms with Crippen LogP contribution in [0.2, 0.25) is 0 Å². The second kappa shape index (κ2) is 8.39. The molecule has 3 amide bonds. The molecule has 154 valence electrons. The molecule has 0 aliphatic carbocycles. The van der Waals surface area contributed by atoms with Crippen LogP contribution in [0.3, 0.4) is 0 Å². The third-order valence-electron chi connectivity index (χ3n) is 5.05. The van der Waals surface area contributed by atoms with Crippen LogP contribution in [0.15, 0.2) is 18.2 Å². The molecule has 1 aromatic rings. The molecule has 0 spiro atoms. The summed E-state index contributed by atoms with van der Waals surface area (Å²) >= 11 is 0. The van der Waals surface area contributed by atoms with Crippen molar-refractivity contribution in [3.63, 3.8) is 0 Å². The zero-order valence-electron chi connectivity index (χ0n) is 17.2. The summed E-state index contributed by atoms with van der Waals surface area (Å²) in [5, 5.41) is 5.23. The van der Waals surface area contributed by atoms with Crippen LogP contribution in [0, 0.1) is 0 Å². The number of amides is 3. The lowest BCUT2D eigenvalue weighted by molar-refractivity contribution is -0.125. The van der Waals surface area contributed by atoms with Gasteiger partial charge in [-0.15, -0.1) is 0 Å². The number of benzene rings is 1. The Kier molecular flexibility index (Phi) is 6.13. The number of hydrogen-bond acceptors (Lipinski definition) is 5. The summed E-state index contributed by atoms with van der Waals surface area (Å²) < 4.78 is 11.5. The minimum Gasteiger partial charge on any atom is -0.490 e. The second-order valence-electron chi connectivity index (χ2n) is 8.52. The van der Waals surface area contributed by atoms with Gasteiger partial charge in [-0.05, 0) is 64.8 Å². The average Bonchev–Trinajstić information content (AvgIpc) is 2.97. The van der Waals surface area contributed by atoms with Crippen molar-refractivity contribution in [1.29, 1.82) is 0 Å². The number of likely N-dealkylation sites (tertiary alicyclic amines) is 1. The van der Waals surface area contributed by atoms with Crippen molar-refractivity contribution in [2.45, 2.75) is 64.6 Å². The summed E-state index contributed by atoms with van der Waals surface area (Å²) in [5.74, 6) is 1.25. The van der Waals surface area contributed by atoms with Gasteiger partial charge in [0.1, 0.15) is 0 Å². The van der Waals surface area contributed by atoms with Gasteiger partial charge in [-0.1, -0.05) is 6.07 Å². The van der Waals surface area contributed by atoms with Gasteiger partial charge in [0, 0.05) is 18.0 Å². The van der Waals surface area contributed by atoms with Crippen LogP contribution in [0.4, 0.5) is 4.79 Å². The molecule has 2 N–H and O–H groups in total. The first-order valence-corrected chi connectivity index (χ1v) is 10.0. The van der Waals surface area contributed by atoms with Crippen molar-refractivity contribution < 1.29 is 19.1 Å². The molecule has 7 nitrogen and oxygen atoms in total. The Morgan fingerprint density at radius 1 is 1.14 bits per heavy atom. The first-order chi connectivity index (χ1) is 13.2. The number of nitrogens with one attached hydrogen (secondary N) is 2. The van der Waals surface area contributed by atoms with E-state index in [2.05, 4.69) is 15.5 Å². The number of ether oxygens (including phenoxy) is 2. The minimum absolute atomic E-state index is 0.114. The molecule has 7 heteroatoms. The molecule has 1 saturated heterocycles. The van der Waals surface area contributed by atoms with Crippen molar-refractivity contribution in [2.24, 2.45) is 0 Å². The fraction of sp³-hybridized carbons (Fsp3) is 0.619. The molecule has 0 bridgehead atoms. The molecule has 2 aliphatic heterocycles. The van der Waals surface area contributed by atoms with E-state index in [1.165, 1.54) is 0 Å². The Morgan fingerprint density at radius 2 is 1.86 bits per heavy atom. The van der Waals surface area contributed by atoms with Crippen molar-refractivity contribution in [3.8, 4) is 11.5 Å². The van der Waals surface area contributed by atoms with E-state index in [0.29, 0.717) is 13.2 Å². The molecule has 3 rings (SSSR count). The third kappa shape index (κ3) is 4.95. The highest BCUT2D eigenvalue weighted by molar-refractivity contribution is 5.97. The molecule has 0 radical (unpaired) electrons. The minimum atomic E-state index is -0.462. The molecule has 2 aliphatic rings. The van der Waals surface area contributed by atoms with Gasteiger partial charge >= 0.3 is 6.03 Å². The average molecular weight is 389 g/mol. The van der Waals surface area contributed by atoms with Crippen molar-refractivity contribution in [1.82, 2.24) is 15.5 Å². The SMILES string of the molecule is C[C@@H](C(=O)NC(=O)NC(C)(C)C)N1CCC[C@@H]1c1ccc2c(c1)OCCCO2. The van der Waals surface area contributed by atoms with Crippen LogP contribution in [-0.4, -0.2) is 48.2 Å². The second-order valence-corrected chi connectivity index (χ2v) is 8.52. The summed E-state index contributed by atoms with van der Waals surface area (Å²) in [7, 11) is 0. The quantitative estimate of drug-likeness (QED) is 0.831. The molecular formula is C21H31N3O4. The number of rotatable bonds is 3. The Labute approximate surface area is 166 Å². The Hall–Kier alpha value is -2.28. The van der Waals surface area contributed by atoms with Gasteiger partial charge < -0.3 is 14.8 Å². The summed E-state index contributed by atoms with van der Waals surface area (Å²) in [6.45, 7) is 9.60. The normalized spacial score (nSPS) is 20.9. The molecule has 28 heavy (non-hydrogen) atoms. The first-order valence-electron chi connectivity index (χ1n) is 10.0. The Morgan fingerprint density at radius 3 is 2.57 bits per heavy atom. The van der Waals surface area contributed by atoms with Gasteiger partial charge in [-0.25, -0.2) is 4.79 Å². The largest absolute Gasteiger partial charge is 0.490 e. The maximum atomic E-state index is 12.6. The Balaban J connectivity index is 1.69. The van der Waals surface area contributed by atoms with Crippen molar-refractivity contribution >= 4 is 11.9 Å². The fourth-order valence-electron chi connectivity index (χ4n) is 3.74. The molecule has 1 aromatic carbocycles. The van der Waals surface area contributed by atoms with Crippen LogP contribution >= 0.6 is 0 Å². The summed E-state index contributed by atoms with van der Waals surface area (Å²) in [4.78, 5) is 26.8. The third-order valence-corrected chi connectivity index (χ3v) is 5.05. The molecule has 2 atom stereocenters. The van der Waals surface area contributed by atoms with Crippen LogP contribution in [-0.2, 0) is 4.79 Å². The van der Waals surface area contributed by atoms with E-state index in [-0.39, 0.29) is 11.9 Å². The number of nitrogens with zero attached hydrogens (tertiary/aromatic N) is 1. The maximum Gasteiger partial charge on any atom is 0.321 e. The monoisotopic (exact) mass is 389 g/mol. The zero-order chi connectivity index (χ0) is 20.3. The zero-order valence-corrected chi connectivity index (χ0v) is 17.2. The van der Waals surface area contributed by atoms with Crippen molar-refractivity contribution in [2.75, 3.05) is 19.8 Å². The first kappa shape index (κ1) is 20.5. The number of fused-ring (bicyclic) bond motifs is 1. The summed E-state index contributed by atoms with van der Waals surface area (Å²) in [5.41, 5.74) is 0.716. The van der Waals surface area contributed by atoms with Crippen LogP contribution in [0.1, 0.15) is 58.6 Å². The predicted molar refractivity (Wildman–Crippen MR) is 107 cm³/mol. The highest BCUT2D eigenvalue weighted by Gasteiger charge is 2.34. The van der Waals surface area contributed by atoms with Crippen LogP contribution in [0.5, 0.6) is 11.5 Å². The topological polar surface area (TPSA) is 79.9 Å².